The summed E-state index contributed by atoms with van der Waals surface area (Å²) in [6.45, 7) is 0. The molecule has 0 radical (unpaired) electrons. The van der Waals surface area contributed by atoms with Crippen LogP contribution in [0.4, 0.5) is 0 Å². The molecule has 7 aromatic rings. The number of rotatable bonds is 4. The van der Waals surface area contributed by atoms with Gasteiger partial charge in [-0.25, -0.2) is 4.99 Å². The largest absolute Gasteiger partial charge is 0.455 e. The number of hydrogen-bond donors (Lipinski definition) is 2. The molecule has 8 rings (SSSR count). The van der Waals surface area contributed by atoms with Crippen LogP contribution in [0.15, 0.2) is 149 Å². The van der Waals surface area contributed by atoms with Gasteiger partial charge in [-0.2, -0.15) is 0 Å². The SMILES string of the molecule is c1ccc(-c2ccc(C3NC(c4ccc5ccccc5c4)=NC(c4ccccc4)N3)c3c2oc2ccccc23)cc1. The molecule has 196 valence electrons. The Morgan fingerprint density at radius 2 is 1.34 bits per heavy atom. The van der Waals surface area contributed by atoms with E-state index in [1.54, 1.807) is 0 Å². The Labute approximate surface area is 238 Å². The Bertz CT molecular complexity index is 2060. The van der Waals surface area contributed by atoms with Gasteiger partial charge in [-0.05, 0) is 34.0 Å². The monoisotopic (exact) mass is 529 g/mol. The quantitative estimate of drug-likeness (QED) is 0.240. The number of hydrogen-bond acceptors (Lipinski definition) is 4. The summed E-state index contributed by atoms with van der Waals surface area (Å²) in [7, 11) is 0. The van der Waals surface area contributed by atoms with Crippen molar-refractivity contribution in [2.75, 3.05) is 0 Å². The lowest BCUT2D eigenvalue weighted by molar-refractivity contribution is 0.411. The van der Waals surface area contributed by atoms with Crippen LogP contribution in [0.3, 0.4) is 0 Å². The Kier molecular flexibility index (Phi) is 5.64. The number of fused-ring (bicyclic) bond motifs is 4. The second-order valence-electron chi connectivity index (χ2n) is 10.5. The molecule has 2 unspecified atom stereocenters. The first kappa shape index (κ1) is 23.7. The van der Waals surface area contributed by atoms with E-state index in [9.17, 15) is 0 Å². The number of para-hydroxylation sites is 1. The predicted octanol–water partition coefficient (Wildman–Crippen LogP) is 8.74. The topological polar surface area (TPSA) is 49.6 Å². The lowest BCUT2D eigenvalue weighted by Crippen LogP contribution is -2.45. The van der Waals surface area contributed by atoms with Crippen LogP contribution in [0.2, 0.25) is 0 Å². The highest BCUT2D eigenvalue weighted by atomic mass is 16.3. The molecule has 0 saturated heterocycles. The Morgan fingerprint density at radius 3 is 2.20 bits per heavy atom. The number of amidine groups is 1. The van der Waals surface area contributed by atoms with Crippen LogP contribution in [-0.2, 0) is 0 Å². The Balaban J connectivity index is 1.31. The summed E-state index contributed by atoms with van der Waals surface area (Å²) in [5, 5.41) is 12.2. The summed E-state index contributed by atoms with van der Waals surface area (Å²) in [6, 6.07) is 48.5. The average molecular weight is 530 g/mol. The molecule has 0 amide bonds. The molecule has 2 atom stereocenters. The number of aliphatic imine (C=N–C) groups is 1. The molecule has 6 aromatic carbocycles. The maximum Gasteiger partial charge on any atom is 0.143 e. The molecule has 0 aliphatic carbocycles. The number of nitrogens with zero attached hydrogens (tertiary/aromatic N) is 1. The minimum Gasteiger partial charge on any atom is -0.455 e. The lowest BCUT2D eigenvalue weighted by atomic mass is 9.96. The van der Waals surface area contributed by atoms with Crippen molar-refractivity contribution in [2.45, 2.75) is 12.3 Å². The first-order chi connectivity index (χ1) is 20.3. The molecule has 4 nitrogen and oxygen atoms in total. The summed E-state index contributed by atoms with van der Waals surface area (Å²) in [4.78, 5) is 5.17. The Hall–Kier alpha value is -5.19. The maximum atomic E-state index is 6.55. The molecule has 2 N–H and O–H groups in total. The van der Waals surface area contributed by atoms with E-state index in [-0.39, 0.29) is 12.3 Å². The van der Waals surface area contributed by atoms with Gasteiger partial charge in [0.15, 0.2) is 0 Å². The lowest BCUT2D eigenvalue weighted by Gasteiger charge is -2.32. The number of nitrogens with one attached hydrogen (secondary N) is 2. The third-order valence-electron chi connectivity index (χ3n) is 7.96. The van der Waals surface area contributed by atoms with Crippen LogP contribution in [0.5, 0.6) is 0 Å². The van der Waals surface area contributed by atoms with Crippen molar-refractivity contribution in [3.63, 3.8) is 0 Å². The van der Waals surface area contributed by atoms with E-state index >= 15 is 0 Å². The van der Waals surface area contributed by atoms with Crippen LogP contribution in [0, 0.1) is 0 Å². The van der Waals surface area contributed by atoms with Crippen LogP contribution < -0.4 is 10.6 Å². The maximum absolute atomic E-state index is 6.55. The van der Waals surface area contributed by atoms with Gasteiger partial charge in [0.1, 0.15) is 29.3 Å². The zero-order chi connectivity index (χ0) is 27.2. The first-order valence-electron chi connectivity index (χ1n) is 14.0. The van der Waals surface area contributed by atoms with Crippen molar-refractivity contribution < 1.29 is 4.42 Å². The molecular weight excluding hydrogens is 502 g/mol. The van der Waals surface area contributed by atoms with Crippen molar-refractivity contribution in [3.05, 3.63) is 156 Å². The van der Waals surface area contributed by atoms with Crippen molar-refractivity contribution in [1.82, 2.24) is 10.6 Å². The normalized spacial score (nSPS) is 17.0. The summed E-state index contributed by atoms with van der Waals surface area (Å²) in [5.41, 5.74) is 7.29. The highest BCUT2D eigenvalue weighted by Crippen LogP contribution is 2.40. The zero-order valence-electron chi connectivity index (χ0n) is 22.3. The van der Waals surface area contributed by atoms with E-state index in [1.807, 2.05) is 24.3 Å². The predicted molar refractivity (Wildman–Crippen MR) is 168 cm³/mol. The van der Waals surface area contributed by atoms with Crippen molar-refractivity contribution >= 4 is 38.5 Å². The molecule has 0 fully saturated rings. The first-order valence-corrected chi connectivity index (χ1v) is 14.0. The minimum atomic E-state index is -0.217. The van der Waals surface area contributed by atoms with E-state index in [1.165, 1.54) is 10.8 Å². The van der Waals surface area contributed by atoms with Crippen molar-refractivity contribution in [3.8, 4) is 11.1 Å². The van der Waals surface area contributed by atoms with Gasteiger partial charge in [0.2, 0.25) is 0 Å². The van der Waals surface area contributed by atoms with Gasteiger partial charge in [0, 0.05) is 27.5 Å². The highest BCUT2D eigenvalue weighted by molar-refractivity contribution is 6.12. The van der Waals surface area contributed by atoms with Gasteiger partial charge in [-0.3, -0.25) is 5.32 Å². The van der Waals surface area contributed by atoms with Gasteiger partial charge in [-0.15, -0.1) is 0 Å². The molecule has 41 heavy (non-hydrogen) atoms. The molecule has 1 aliphatic rings. The van der Waals surface area contributed by atoms with Gasteiger partial charge in [0.05, 0.1) is 0 Å². The third-order valence-corrected chi connectivity index (χ3v) is 7.96. The van der Waals surface area contributed by atoms with E-state index in [0.29, 0.717) is 0 Å². The summed E-state index contributed by atoms with van der Waals surface area (Å²) in [5.74, 6) is 0.862. The average Bonchev–Trinajstić information content (AvgIpc) is 3.44. The van der Waals surface area contributed by atoms with Crippen molar-refractivity contribution in [2.24, 2.45) is 4.99 Å². The Morgan fingerprint density at radius 1 is 0.610 bits per heavy atom. The second kappa shape index (κ2) is 9.77. The van der Waals surface area contributed by atoms with E-state index < -0.39 is 0 Å². The molecular formula is C37H27N3O. The smallest absolute Gasteiger partial charge is 0.143 e. The van der Waals surface area contributed by atoms with Gasteiger partial charge in [0.25, 0.3) is 0 Å². The van der Waals surface area contributed by atoms with Crippen LogP contribution >= 0.6 is 0 Å². The number of furan rings is 1. The van der Waals surface area contributed by atoms with Gasteiger partial charge >= 0.3 is 0 Å². The molecule has 2 heterocycles. The highest BCUT2D eigenvalue weighted by Gasteiger charge is 2.28. The van der Waals surface area contributed by atoms with Gasteiger partial charge < -0.3 is 9.73 Å². The van der Waals surface area contributed by atoms with E-state index in [0.717, 1.165) is 55.6 Å². The zero-order valence-corrected chi connectivity index (χ0v) is 22.3. The molecule has 1 aromatic heterocycles. The minimum absolute atomic E-state index is 0.201. The number of benzene rings is 6. The molecule has 0 spiro atoms. The fourth-order valence-electron chi connectivity index (χ4n) is 5.95. The van der Waals surface area contributed by atoms with Crippen molar-refractivity contribution in [1.29, 1.82) is 0 Å². The second-order valence-corrected chi connectivity index (χ2v) is 10.5. The van der Waals surface area contributed by atoms with Gasteiger partial charge in [-0.1, -0.05) is 127 Å². The molecule has 0 bridgehead atoms. The van der Waals surface area contributed by atoms with Crippen LogP contribution in [0.25, 0.3) is 43.8 Å². The fraction of sp³-hybridized carbons (Fsp3) is 0.0541. The fourth-order valence-corrected chi connectivity index (χ4v) is 5.95. The summed E-state index contributed by atoms with van der Waals surface area (Å²) in [6.07, 6.45) is -0.418. The third kappa shape index (κ3) is 4.17. The summed E-state index contributed by atoms with van der Waals surface area (Å²) < 4.78 is 6.55. The summed E-state index contributed by atoms with van der Waals surface area (Å²) >= 11 is 0. The standard InChI is InChI=1S/C37H27N3O/c1-3-12-25(13-4-1)29-21-22-31(33-30-17-9-10-18-32(30)41-34(29)33)37-39-35(26-14-5-2-6-15-26)38-36(40-37)28-20-19-24-11-7-8-16-27(24)23-28/h1-23,35,37,39H,(H,38,40). The van der Waals surface area contributed by atoms with E-state index in [2.05, 4.69) is 126 Å². The molecule has 1 aliphatic heterocycles. The van der Waals surface area contributed by atoms with E-state index in [4.69, 9.17) is 9.41 Å². The van der Waals surface area contributed by atoms with Crippen LogP contribution in [0.1, 0.15) is 29.0 Å². The molecule has 4 heteroatoms. The van der Waals surface area contributed by atoms with Crippen LogP contribution in [-0.4, -0.2) is 5.84 Å². The molecule has 0 saturated carbocycles.